The zero-order valence-corrected chi connectivity index (χ0v) is 17.3. The van der Waals surface area contributed by atoms with Crippen molar-refractivity contribution in [3.63, 3.8) is 0 Å². The van der Waals surface area contributed by atoms with E-state index in [0.29, 0.717) is 43.0 Å². The maximum absolute atomic E-state index is 13.1. The molecule has 4 saturated heterocycles. The standard InChI is InChI=1S/C21H27ClN4O3/c22-17-1-2-19(23-8-17)24-9-15-11-25(12-16(15)10-24)21(28)14-7-20(27)26(13-14)18-3-5-29-6-4-18/h1-2,8,14-16,18H,3-7,9-13H2. The maximum atomic E-state index is 13.1. The minimum Gasteiger partial charge on any atom is -0.381 e. The Labute approximate surface area is 175 Å². The predicted molar refractivity (Wildman–Crippen MR) is 109 cm³/mol. The monoisotopic (exact) mass is 418 g/mol. The highest BCUT2D eigenvalue weighted by Gasteiger charge is 2.45. The van der Waals surface area contributed by atoms with Gasteiger partial charge in [0.1, 0.15) is 5.82 Å². The van der Waals surface area contributed by atoms with Crippen LogP contribution in [0.25, 0.3) is 0 Å². The Kier molecular flexibility index (Phi) is 5.12. The number of halogens is 1. The van der Waals surface area contributed by atoms with E-state index in [2.05, 4.69) is 9.88 Å². The highest BCUT2D eigenvalue weighted by Crippen LogP contribution is 2.35. The largest absolute Gasteiger partial charge is 0.381 e. The van der Waals surface area contributed by atoms with Gasteiger partial charge >= 0.3 is 0 Å². The van der Waals surface area contributed by atoms with E-state index >= 15 is 0 Å². The van der Waals surface area contributed by atoms with Crippen molar-refractivity contribution in [1.29, 1.82) is 0 Å². The molecular formula is C21H27ClN4O3. The van der Waals surface area contributed by atoms with Crippen LogP contribution in [0, 0.1) is 17.8 Å². The number of hydrogen-bond acceptors (Lipinski definition) is 5. The maximum Gasteiger partial charge on any atom is 0.228 e. The number of likely N-dealkylation sites (tertiary alicyclic amines) is 2. The Morgan fingerprint density at radius 3 is 2.45 bits per heavy atom. The summed E-state index contributed by atoms with van der Waals surface area (Å²) in [4.78, 5) is 36.3. The second-order valence-electron chi connectivity index (χ2n) is 8.79. The van der Waals surface area contributed by atoms with Gasteiger partial charge in [0.25, 0.3) is 0 Å². The summed E-state index contributed by atoms with van der Waals surface area (Å²) in [5.74, 6) is 2.02. The summed E-state index contributed by atoms with van der Waals surface area (Å²) in [5.41, 5.74) is 0. The van der Waals surface area contributed by atoms with Gasteiger partial charge in [-0.25, -0.2) is 4.98 Å². The van der Waals surface area contributed by atoms with Crippen molar-refractivity contribution in [3.05, 3.63) is 23.4 Å². The first-order valence-corrected chi connectivity index (χ1v) is 11.0. The number of pyridine rings is 1. The van der Waals surface area contributed by atoms with Crippen LogP contribution in [0.5, 0.6) is 0 Å². The quantitative estimate of drug-likeness (QED) is 0.746. The Bertz CT molecular complexity index is 769. The SMILES string of the molecule is O=C(C1CC(=O)N(C2CCOCC2)C1)N1CC2CN(c3ccc(Cl)cn3)CC2C1. The van der Waals surface area contributed by atoms with Gasteiger partial charge in [-0.2, -0.15) is 0 Å². The van der Waals surface area contributed by atoms with E-state index in [9.17, 15) is 9.59 Å². The Morgan fingerprint density at radius 1 is 1.07 bits per heavy atom. The summed E-state index contributed by atoms with van der Waals surface area (Å²) < 4.78 is 5.41. The van der Waals surface area contributed by atoms with Crippen LogP contribution in [0.4, 0.5) is 5.82 Å². The minimum atomic E-state index is -0.182. The Morgan fingerprint density at radius 2 is 1.79 bits per heavy atom. The van der Waals surface area contributed by atoms with Crippen molar-refractivity contribution >= 4 is 29.2 Å². The fourth-order valence-electron chi connectivity index (χ4n) is 5.42. The molecule has 4 aliphatic heterocycles. The lowest BCUT2D eigenvalue weighted by Gasteiger charge is -2.31. The van der Waals surface area contributed by atoms with Gasteiger partial charge in [0.15, 0.2) is 0 Å². The first-order valence-electron chi connectivity index (χ1n) is 10.6. The van der Waals surface area contributed by atoms with Crippen LogP contribution >= 0.6 is 11.6 Å². The van der Waals surface area contributed by atoms with Gasteiger partial charge in [0, 0.05) is 76.4 Å². The highest BCUT2D eigenvalue weighted by atomic mass is 35.5. The number of fused-ring (bicyclic) bond motifs is 1. The van der Waals surface area contributed by atoms with E-state index in [4.69, 9.17) is 16.3 Å². The van der Waals surface area contributed by atoms with Gasteiger partial charge in [-0.3, -0.25) is 9.59 Å². The van der Waals surface area contributed by atoms with E-state index in [1.165, 1.54) is 0 Å². The Hall–Kier alpha value is -1.86. The fraction of sp³-hybridized carbons (Fsp3) is 0.667. The number of amides is 2. The van der Waals surface area contributed by atoms with Gasteiger partial charge in [-0.15, -0.1) is 0 Å². The second-order valence-corrected chi connectivity index (χ2v) is 9.23. The number of rotatable bonds is 3. The number of carbonyl (C=O) groups excluding carboxylic acids is 2. The summed E-state index contributed by atoms with van der Waals surface area (Å²) in [5, 5.41) is 0.644. The van der Waals surface area contributed by atoms with Crippen molar-refractivity contribution in [1.82, 2.24) is 14.8 Å². The summed E-state index contributed by atoms with van der Waals surface area (Å²) in [7, 11) is 0. The number of hydrogen-bond donors (Lipinski definition) is 0. The summed E-state index contributed by atoms with van der Waals surface area (Å²) in [6, 6.07) is 4.07. The van der Waals surface area contributed by atoms with E-state index < -0.39 is 0 Å². The molecule has 5 rings (SSSR count). The molecule has 4 aliphatic rings. The van der Waals surface area contributed by atoms with Crippen LogP contribution in [0.1, 0.15) is 19.3 Å². The smallest absolute Gasteiger partial charge is 0.228 e. The van der Waals surface area contributed by atoms with E-state index in [1.807, 2.05) is 21.9 Å². The summed E-state index contributed by atoms with van der Waals surface area (Å²) in [6.45, 7) is 5.41. The van der Waals surface area contributed by atoms with E-state index in [1.54, 1.807) is 6.20 Å². The molecule has 1 aromatic rings. The molecule has 156 valence electrons. The average Bonchev–Trinajstić information content (AvgIpc) is 3.41. The number of ether oxygens (including phenoxy) is 1. The number of aromatic nitrogens is 1. The molecule has 3 atom stereocenters. The van der Waals surface area contributed by atoms with Crippen molar-refractivity contribution < 1.29 is 14.3 Å². The van der Waals surface area contributed by atoms with Crippen LogP contribution in [-0.4, -0.2) is 78.6 Å². The number of carbonyl (C=O) groups is 2. The topological polar surface area (TPSA) is 66.0 Å². The lowest BCUT2D eigenvalue weighted by molar-refractivity contribution is -0.135. The summed E-state index contributed by atoms with van der Waals surface area (Å²) in [6.07, 6.45) is 3.81. The molecule has 0 bridgehead atoms. The van der Waals surface area contributed by atoms with Crippen LogP contribution in [-0.2, 0) is 14.3 Å². The number of anilines is 1. The zero-order valence-electron chi connectivity index (χ0n) is 16.5. The molecule has 0 spiro atoms. The Balaban J connectivity index is 1.17. The second kappa shape index (κ2) is 7.76. The molecule has 7 nitrogen and oxygen atoms in total. The van der Waals surface area contributed by atoms with Crippen LogP contribution in [0.2, 0.25) is 5.02 Å². The number of nitrogens with zero attached hydrogens (tertiary/aromatic N) is 4. The molecule has 5 heterocycles. The molecule has 1 aromatic heterocycles. The van der Waals surface area contributed by atoms with Crippen LogP contribution in [0.3, 0.4) is 0 Å². The lowest BCUT2D eigenvalue weighted by atomic mass is 10.0. The van der Waals surface area contributed by atoms with Gasteiger partial charge in [-0.1, -0.05) is 11.6 Å². The molecule has 4 fully saturated rings. The molecule has 0 saturated carbocycles. The molecule has 0 aromatic carbocycles. The lowest BCUT2D eigenvalue weighted by Crippen LogP contribution is -2.42. The molecule has 0 aliphatic carbocycles. The predicted octanol–water partition coefficient (Wildman–Crippen LogP) is 1.66. The third-order valence-electron chi connectivity index (χ3n) is 6.97. The highest BCUT2D eigenvalue weighted by molar-refractivity contribution is 6.30. The molecular weight excluding hydrogens is 392 g/mol. The van der Waals surface area contributed by atoms with E-state index in [0.717, 1.165) is 44.8 Å². The van der Waals surface area contributed by atoms with Crippen molar-refractivity contribution in [2.24, 2.45) is 17.8 Å². The molecule has 8 heteroatoms. The van der Waals surface area contributed by atoms with Crippen molar-refractivity contribution in [3.8, 4) is 0 Å². The van der Waals surface area contributed by atoms with Gasteiger partial charge in [0.05, 0.1) is 10.9 Å². The first kappa shape index (κ1) is 19.1. The molecule has 3 unspecified atom stereocenters. The third-order valence-corrected chi connectivity index (χ3v) is 7.20. The minimum absolute atomic E-state index is 0.134. The normalized spacial score (nSPS) is 30.3. The van der Waals surface area contributed by atoms with Crippen LogP contribution < -0.4 is 4.90 Å². The fourth-order valence-corrected chi connectivity index (χ4v) is 5.53. The third kappa shape index (κ3) is 3.70. The summed E-state index contributed by atoms with van der Waals surface area (Å²) >= 11 is 5.94. The van der Waals surface area contributed by atoms with Gasteiger partial charge < -0.3 is 19.4 Å². The molecule has 29 heavy (non-hydrogen) atoms. The first-order chi connectivity index (χ1) is 14.1. The van der Waals surface area contributed by atoms with Gasteiger partial charge in [0.2, 0.25) is 11.8 Å². The van der Waals surface area contributed by atoms with Gasteiger partial charge in [-0.05, 0) is 25.0 Å². The van der Waals surface area contributed by atoms with E-state index in [-0.39, 0.29) is 23.8 Å². The molecule has 2 amide bonds. The zero-order chi connectivity index (χ0) is 20.0. The van der Waals surface area contributed by atoms with Crippen molar-refractivity contribution in [2.75, 3.05) is 50.8 Å². The van der Waals surface area contributed by atoms with Crippen LogP contribution in [0.15, 0.2) is 18.3 Å². The molecule has 0 radical (unpaired) electrons. The van der Waals surface area contributed by atoms with Crippen molar-refractivity contribution in [2.45, 2.75) is 25.3 Å². The molecule has 0 N–H and O–H groups in total. The average molecular weight is 419 g/mol.